The fourth-order valence-corrected chi connectivity index (χ4v) is 3.80. The molecule has 0 spiro atoms. The second-order valence-electron chi connectivity index (χ2n) is 7.38. The van der Waals surface area contributed by atoms with E-state index in [0.717, 1.165) is 37.1 Å². The van der Waals surface area contributed by atoms with Crippen molar-refractivity contribution < 1.29 is 4.79 Å². The first-order valence-corrected chi connectivity index (χ1v) is 9.64. The SMILES string of the molecule is CN=C(NCCc1cccc(C(=O)NC)c1)NC1CC(C)N(C2CC2)C1. The van der Waals surface area contributed by atoms with Crippen molar-refractivity contribution in [2.24, 2.45) is 4.99 Å². The number of carbonyl (C=O) groups is 1. The lowest BCUT2D eigenvalue weighted by molar-refractivity contribution is 0.0963. The first-order chi connectivity index (χ1) is 12.6. The van der Waals surface area contributed by atoms with E-state index in [4.69, 9.17) is 0 Å². The van der Waals surface area contributed by atoms with Crippen LogP contribution >= 0.6 is 0 Å². The predicted octanol–water partition coefficient (Wildman–Crippen LogP) is 1.38. The van der Waals surface area contributed by atoms with Gasteiger partial charge in [0.2, 0.25) is 0 Å². The molecule has 2 atom stereocenters. The molecule has 1 aliphatic heterocycles. The molecule has 6 nitrogen and oxygen atoms in total. The molecule has 0 radical (unpaired) electrons. The summed E-state index contributed by atoms with van der Waals surface area (Å²) >= 11 is 0. The van der Waals surface area contributed by atoms with Crippen molar-refractivity contribution in [2.45, 2.75) is 50.7 Å². The number of guanidine groups is 1. The Balaban J connectivity index is 1.45. The summed E-state index contributed by atoms with van der Waals surface area (Å²) in [6, 6.07) is 9.71. The van der Waals surface area contributed by atoms with E-state index in [1.807, 2.05) is 25.2 Å². The summed E-state index contributed by atoms with van der Waals surface area (Å²) in [6.45, 7) is 4.22. The highest BCUT2D eigenvalue weighted by molar-refractivity contribution is 5.94. The van der Waals surface area contributed by atoms with Gasteiger partial charge in [-0.05, 0) is 50.3 Å². The van der Waals surface area contributed by atoms with Gasteiger partial charge in [-0.2, -0.15) is 0 Å². The minimum Gasteiger partial charge on any atom is -0.356 e. The molecule has 1 aromatic rings. The van der Waals surface area contributed by atoms with E-state index in [-0.39, 0.29) is 5.91 Å². The van der Waals surface area contributed by atoms with E-state index < -0.39 is 0 Å². The number of hydrogen-bond donors (Lipinski definition) is 3. The average molecular weight is 358 g/mol. The zero-order valence-electron chi connectivity index (χ0n) is 16.1. The fraction of sp³-hybridized carbons (Fsp3) is 0.600. The van der Waals surface area contributed by atoms with Gasteiger partial charge in [0.25, 0.3) is 5.91 Å². The topological polar surface area (TPSA) is 68.8 Å². The zero-order valence-corrected chi connectivity index (χ0v) is 16.1. The summed E-state index contributed by atoms with van der Waals surface area (Å²) < 4.78 is 0. The van der Waals surface area contributed by atoms with Crippen molar-refractivity contribution in [3.63, 3.8) is 0 Å². The molecule has 2 aliphatic rings. The van der Waals surface area contributed by atoms with Gasteiger partial charge in [-0.3, -0.25) is 14.7 Å². The van der Waals surface area contributed by atoms with Crippen LogP contribution in [-0.2, 0) is 6.42 Å². The Labute approximate surface area is 156 Å². The Morgan fingerprint density at radius 2 is 2.15 bits per heavy atom. The highest BCUT2D eigenvalue weighted by atomic mass is 16.1. The number of likely N-dealkylation sites (tertiary alicyclic amines) is 1. The van der Waals surface area contributed by atoms with Gasteiger partial charge in [0.15, 0.2) is 5.96 Å². The zero-order chi connectivity index (χ0) is 18.5. The molecule has 2 fully saturated rings. The molecule has 0 bridgehead atoms. The van der Waals surface area contributed by atoms with Gasteiger partial charge < -0.3 is 16.0 Å². The Bertz CT molecular complexity index is 655. The molecule has 0 aromatic heterocycles. The quantitative estimate of drug-likeness (QED) is 0.531. The van der Waals surface area contributed by atoms with Crippen molar-refractivity contribution >= 4 is 11.9 Å². The molecule has 26 heavy (non-hydrogen) atoms. The van der Waals surface area contributed by atoms with Crippen molar-refractivity contribution in [3.8, 4) is 0 Å². The normalized spacial score (nSPS) is 23.7. The van der Waals surface area contributed by atoms with Crippen LogP contribution < -0.4 is 16.0 Å². The molecule has 2 unspecified atom stereocenters. The second-order valence-corrected chi connectivity index (χ2v) is 7.38. The van der Waals surface area contributed by atoms with Crippen molar-refractivity contribution in [1.29, 1.82) is 0 Å². The number of benzene rings is 1. The molecule has 6 heteroatoms. The highest BCUT2D eigenvalue weighted by Crippen LogP contribution is 2.33. The van der Waals surface area contributed by atoms with Crippen LogP contribution in [0, 0.1) is 0 Å². The third-order valence-corrected chi connectivity index (χ3v) is 5.33. The van der Waals surface area contributed by atoms with Crippen molar-refractivity contribution in [2.75, 3.05) is 27.2 Å². The Hall–Kier alpha value is -2.08. The third-order valence-electron chi connectivity index (χ3n) is 5.33. The Morgan fingerprint density at radius 3 is 2.85 bits per heavy atom. The maximum Gasteiger partial charge on any atom is 0.251 e. The maximum atomic E-state index is 11.7. The largest absolute Gasteiger partial charge is 0.356 e. The highest BCUT2D eigenvalue weighted by Gasteiger charge is 2.38. The minimum absolute atomic E-state index is 0.0483. The smallest absolute Gasteiger partial charge is 0.251 e. The van der Waals surface area contributed by atoms with E-state index in [2.05, 4.69) is 38.8 Å². The minimum atomic E-state index is -0.0483. The van der Waals surface area contributed by atoms with Gasteiger partial charge in [-0.1, -0.05) is 12.1 Å². The molecule has 1 heterocycles. The summed E-state index contributed by atoms with van der Waals surface area (Å²) in [7, 11) is 3.47. The van der Waals surface area contributed by atoms with Gasteiger partial charge in [0.05, 0.1) is 0 Å². The van der Waals surface area contributed by atoms with Crippen molar-refractivity contribution in [1.82, 2.24) is 20.9 Å². The van der Waals surface area contributed by atoms with Crippen LogP contribution in [0.2, 0.25) is 0 Å². The number of aliphatic imine (C=N–C) groups is 1. The first-order valence-electron chi connectivity index (χ1n) is 9.64. The van der Waals surface area contributed by atoms with Crippen LogP contribution in [0.4, 0.5) is 0 Å². The van der Waals surface area contributed by atoms with Gasteiger partial charge >= 0.3 is 0 Å². The van der Waals surface area contributed by atoms with E-state index >= 15 is 0 Å². The van der Waals surface area contributed by atoms with Gasteiger partial charge in [0, 0.05) is 50.9 Å². The number of carbonyl (C=O) groups excluding carboxylic acids is 1. The number of amides is 1. The molecule has 1 aromatic carbocycles. The van der Waals surface area contributed by atoms with Gasteiger partial charge in [-0.25, -0.2) is 0 Å². The van der Waals surface area contributed by atoms with Gasteiger partial charge in [-0.15, -0.1) is 0 Å². The van der Waals surface area contributed by atoms with E-state index in [0.29, 0.717) is 17.6 Å². The van der Waals surface area contributed by atoms with Crippen LogP contribution in [0.25, 0.3) is 0 Å². The molecule has 3 rings (SSSR count). The van der Waals surface area contributed by atoms with Crippen LogP contribution in [-0.4, -0.2) is 62.1 Å². The Kier molecular flexibility index (Phi) is 6.14. The van der Waals surface area contributed by atoms with E-state index in [1.165, 1.54) is 19.3 Å². The maximum absolute atomic E-state index is 11.7. The number of hydrogen-bond acceptors (Lipinski definition) is 3. The third kappa shape index (κ3) is 4.75. The molecular weight excluding hydrogens is 326 g/mol. The lowest BCUT2D eigenvalue weighted by atomic mass is 10.1. The molecule has 1 saturated carbocycles. The second kappa shape index (κ2) is 8.54. The number of nitrogens with one attached hydrogen (secondary N) is 3. The molecule has 1 saturated heterocycles. The monoisotopic (exact) mass is 357 g/mol. The van der Waals surface area contributed by atoms with Crippen LogP contribution in [0.3, 0.4) is 0 Å². The summed E-state index contributed by atoms with van der Waals surface area (Å²) in [5, 5.41) is 9.63. The average Bonchev–Trinajstić information content (AvgIpc) is 3.43. The Morgan fingerprint density at radius 1 is 1.35 bits per heavy atom. The summed E-state index contributed by atoms with van der Waals surface area (Å²) in [5.74, 6) is 0.815. The fourth-order valence-electron chi connectivity index (χ4n) is 3.80. The van der Waals surface area contributed by atoms with E-state index in [9.17, 15) is 4.79 Å². The standard InChI is InChI=1S/C20H31N5O/c1-14-11-17(13-25(14)18-7-8-18)24-20(22-3)23-10-9-15-5-4-6-16(12-15)19(26)21-2/h4-6,12,14,17-18H,7-11,13H2,1-3H3,(H,21,26)(H2,22,23,24). The van der Waals surface area contributed by atoms with Crippen LogP contribution in [0.1, 0.15) is 42.1 Å². The first kappa shape index (κ1) is 18.7. The van der Waals surface area contributed by atoms with Crippen LogP contribution in [0.15, 0.2) is 29.3 Å². The van der Waals surface area contributed by atoms with Gasteiger partial charge in [0.1, 0.15) is 0 Å². The number of nitrogens with zero attached hydrogens (tertiary/aromatic N) is 2. The predicted molar refractivity (Wildman–Crippen MR) is 106 cm³/mol. The van der Waals surface area contributed by atoms with E-state index in [1.54, 1.807) is 7.05 Å². The van der Waals surface area contributed by atoms with Crippen LogP contribution in [0.5, 0.6) is 0 Å². The number of rotatable bonds is 6. The molecule has 1 amide bonds. The summed E-state index contributed by atoms with van der Waals surface area (Å²) in [6.07, 6.45) is 4.74. The molecule has 142 valence electrons. The molecule has 1 aliphatic carbocycles. The lowest BCUT2D eigenvalue weighted by Crippen LogP contribution is -2.45. The summed E-state index contributed by atoms with van der Waals surface area (Å²) in [5.41, 5.74) is 1.84. The lowest BCUT2D eigenvalue weighted by Gasteiger charge is -2.20. The molecule has 3 N–H and O–H groups in total. The van der Waals surface area contributed by atoms with Crippen molar-refractivity contribution in [3.05, 3.63) is 35.4 Å². The summed E-state index contributed by atoms with van der Waals surface area (Å²) in [4.78, 5) is 18.7. The molecular formula is C20H31N5O.